The molecule has 0 N–H and O–H groups in total. The lowest BCUT2D eigenvalue weighted by molar-refractivity contribution is -0.185. The summed E-state index contributed by atoms with van der Waals surface area (Å²) in [6, 6.07) is 0. The maximum absolute atomic E-state index is 13.7. The van der Waals surface area contributed by atoms with Gasteiger partial charge in [-0.1, -0.05) is 12.5 Å². The Labute approximate surface area is 193 Å². The average Bonchev–Trinajstić information content (AvgIpc) is 3.08. The Morgan fingerprint density at radius 1 is 0.906 bits per heavy atom. The van der Waals surface area contributed by atoms with E-state index in [9.17, 15) is 9.59 Å². The Morgan fingerprint density at radius 3 is 2.34 bits per heavy atom. The first-order valence-electron chi connectivity index (χ1n) is 13.9. The Balaban J connectivity index is 1.09. The largest absolute Gasteiger partial charge is 0.461 e. The van der Waals surface area contributed by atoms with Crippen LogP contribution in [0.5, 0.6) is 0 Å². The SMILES string of the molecule is C[C@]12CC[C@@H]3C4CCC(=O)C=C4CCC3[C@@H]1CC[C@@H]2OC(=O)C12CC3CC(CC(C3)C1)C2. The van der Waals surface area contributed by atoms with Crippen LogP contribution in [0.25, 0.3) is 0 Å². The summed E-state index contributed by atoms with van der Waals surface area (Å²) in [5.74, 6) is 5.83. The van der Waals surface area contributed by atoms with E-state index in [0.717, 1.165) is 74.5 Å². The highest BCUT2D eigenvalue weighted by Gasteiger charge is 2.60. The Hall–Kier alpha value is -1.12. The van der Waals surface area contributed by atoms with Gasteiger partial charge in [0.05, 0.1) is 5.41 Å². The third kappa shape index (κ3) is 2.84. The van der Waals surface area contributed by atoms with E-state index in [0.29, 0.717) is 17.6 Å². The predicted octanol–water partition coefficient (Wildman–Crippen LogP) is 6.26. The van der Waals surface area contributed by atoms with Gasteiger partial charge in [0, 0.05) is 11.8 Å². The highest BCUT2D eigenvalue weighted by Crippen LogP contribution is 2.64. The first kappa shape index (κ1) is 20.3. The molecule has 0 saturated heterocycles. The maximum Gasteiger partial charge on any atom is 0.312 e. The lowest BCUT2D eigenvalue weighted by Gasteiger charge is -2.56. The van der Waals surface area contributed by atoms with Crippen LogP contribution >= 0.6 is 0 Å². The van der Waals surface area contributed by atoms with Crippen LogP contribution in [0.1, 0.15) is 96.8 Å². The highest BCUT2D eigenvalue weighted by molar-refractivity contribution is 5.91. The molecule has 2 unspecified atom stereocenters. The van der Waals surface area contributed by atoms with E-state index in [2.05, 4.69) is 6.92 Å². The highest BCUT2D eigenvalue weighted by atomic mass is 16.5. The van der Waals surface area contributed by atoms with E-state index in [-0.39, 0.29) is 22.9 Å². The summed E-state index contributed by atoms with van der Waals surface area (Å²) >= 11 is 0. The molecule has 0 aromatic heterocycles. The van der Waals surface area contributed by atoms with E-state index >= 15 is 0 Å². The molecule has 8 rings (SSSR count). The van der Waals surface area contributed by atoms with Gasteiger partial charge in [0.25, 0.3) is 0 Å². The van der Waals surface area contributed by atoms with Gasteiger partial charge >= 0.3 is 5.97 Å². The molecule has 7 saturated carbocycles. The molecule has 32 heavy (non-hydrogen) atoms. The van der Waals surface area contributed by atoms with Crippen LogP contribution < -0.4 is 0 Å². The quantitative estimate of drug-likeness (QED) is 0.480. The molecule has 7 fully saturated rings. The first-order valence-corrected chi connectivity index (χ1v) is 13.9. The normalized spacial score (nSPS) is 53.3. The van der Waals surface area contributed by atoms with Crippen molar-refractivity contribution in [2.75, 3.05) is 0 Å². The summed E-state index contributed by atoms with van der Waals surface area (Å²) in [6.07, 6.45) is 18.6. The van der Waals surface area contributed by atoms with Crippen molar-refractivity contribution in [2.45, 2.75) is 103 Å². The smallest absolute Gasteiger partial charge is 0.312 e. The lowest BCUT2D eigenvalue weighted by atomic mass is 9.49. The number of carbonyl (C=O) groups excluding carboxylic acids is 2. The van der Waals surface area contributed by atoms with E-state index < -0.39 is 0 Å². The zero-order valence-electron chi connectivity index (χ0n) is 19.8. The van der Waals surface area contributed by atoms with Gasteiger partial charge in [-0.25, -0.2) is 0 Å². The van der Waals surface area contributed by atoms with E-state index in [4.69, 9.17) is 4.74 Å². The molecule has 0 radical (unpaired) electrons. The molecule has 8 aliphatic rings. The molecule has 8 aliphatic carbocycles. The second kappa shape index (κ2) is 6.95. The van der Waals surface area contributed by atoms with Crippen LogP contribution in [-0.4, -0.2) is 17.9 Å². The van der Waals surface area contributed by atoms with Crippen LogP contribution in [0.15, 0.2) is 11.6 Å². The molecule has 0 spiro atoms. The van der Waals surface area contributed by atoms with Crippen molar-refractivity contribution in [3.05, 3.63) is 11.6 Å². The number of rotatable bonds is 2. The monoisotopic (exact) mass is 436 g/mol. The standard InChI is InChI=1S/C29H40O3/c1-28-9-8-23-22-5-3-21(30)13-20(22)2-4-24(23)25(28)6-7-26(28)32-27(31)29-14-17-10-18(15-29)12-19(11-17)16-29/h13,17-19,22-26H,2-12,14-16H2,1H3/t17?,18?,19?,22?,23-,24?,25+,26+,28+,29?/m1/s1. The number of esters is 1. The van der Waals surface area contributed by atoms with E-state index in [1.165, 1.54) is 50.5 Å². The molecular weight excluding hydrogens is 396 g/mol. The summed E-state index contributed by atoms with van der Waals surface area (Å²) in [7, 11) is 0. The zero-order chi connectivity index (χ0) is 21.7. The minimum absolute atomic E-state index is 0.125. The van der Waals surface area contributed by atoms with Crippen LogP contribution in [0.2, 0.25) is 0 Å². The number of allylic oxidation sites excluding steroid dienone is 1. The first-order chi connectivity index (χ1) is 15.4. The fraction of sp³-hybridized carbons (Fsp3) is 0.862. The number of fused-ring (bicyclic) bond motifs is 5. The molecule has 4 bridgehead atoms. The second-order valence-electron chi connectivity index (χ2n) is 13.5. The minimum atomic E-state index is -0.125. The summed E-state index contributed by atoms with van der Waals surface area (Å²) in [5.41, 5.74) is 1.51. The molecule has 0 heterocycles. The van der Waals surface area contributed by atoms with Crippen LogP contribution in [-0.2, 0) is 14.3 Å². The van der Waals surface area contributed by atoms with Gasteiger partial charge in [0.15, 0.2) is 5.78 Å². The molecule has 0 aromatic carbocycles. The fourth-order valence-electron chi connectivity index (χ4n) is 10.9. The zero-order valence-corrected chi connectivity index (χ0v) is 19.8. The van der Waals surface area contributed by atoms with Crippen molar-refractivity contribution in [2.24, 2.45) is 52.3 Å². The van der Waals surface area contributed by atoms with Crippen molar-refractivity contribution in [1.29, 1.82) is 0 Å². The van der Waals surface area contributed by atoms with Gasteiger partial charge in [-0.3, -0.25) is 9.59 Å². The van der Waals surface area contributed by atoms with Gasteiger partial charge in [0.2, 0.25) is 0 Å². The van der Waals surface area contributed by atoms with Gasteiger partial charge in [0.1, 0.15) is 6.10 Å². The number of hydrogen-bond donors (Lipinski definition) is 0. The van der Waals surface area contributed by atoms with Crippen molar-refractivity contribution >= 4 is 11.8 Å². The van der Waals surface area contributed by atoms with Gasteiger partial charge < -0.3 is 4.74 Å². The topological polar surface area (TPSA) is 43.4 Å². The number of carbonyl (C=O) groups is 2. The summed E-state index contributed by atoms with van der Waals surface area (Å²) < 4.78 is 6.57. The van der Waals surface area contributed by atoms with Crippen molar-refractivity contribution in [3.8, 4) is 0 Å². The minimum Gasteiger partial charge on any atom is -0.461 e. The summed E-state index contributed by atoms with van der Waals surface area (Å²) in [6.45, 7) is 2.47. The van der Waals surface area contributed by atoms with Crippen molar-refractivity contribution in [3.63, 3.8) is 0 Å². The molecule has 174 valence electrons. The summed E-state index contributed by atoms with van der Waals surface area (Å²) in [5, 5.41) is 0. The fourth-order valence-corrected chi connectivity index (χ4v) is 10.9. The van der Waals surface area contributed by atoms with E-state index in [1.807, 2.05) is 6.08 Å². The third-order valence-corrected chi connectivity index (χ3v) is 11.9. The molecule has 6 atom stereocenters. The number of ether oxygens (including phenoxy) is 1. The predicted molar refractivity (Wildman–Crippen MR) is 123 cm³/mol. The second-order valence-corrected chi connectivity index (χ2v) is 13.5. The Bertz CT molecular complexity index is 834. The molecule has 3 heteroatoms. The van der Waals surface area contributed by atoms with Gasteiger partial charge in [-0.05, 0) is 131 Å². The number of hydrogen-bond acceptors (Lipinski definition) is 3. The average molecular weight is 437 g/mol. The summed E-state index contributed by atoms with van der Waals surface area (Å²) in [4.78, 5) is 25.7. The molecular formula is C29H40O3. The van der Waals surface area contributed by atoms with E-state index in [1.54, 1.807) is 0 Å². The van der Waals surface area contributed by atoms with Crippen LogP contribution in [0.4, 0.5) is 0 Å². The van der Waals surface area contributed by atoms with Crippen molar-refractivity contribution in [1.82, 2.24) is 0 Å². The van der Waals surface area contributed by atoms with Crippen molar-refractivity contribution < 1.29 is 14.3 Å². The molecule has 0 aliphatic heterocycles. The third-order valence-electron chi connectivity index (χ3n) is 11.9. The lowest BCUT2D eigenvalue weighted by Crippen LogP contribution is -2.53. The molecule has 3 nitrogen and oxygen atoms in total. The molecule has 0 aromatic rings. The van der Waals surface area contributed by atoms with Crippen LogP contribution in [0, 0.1) is 52.3 Å². The van der Waals surface area contributed by atoms with Crippen LogP contribution in [0.3, 0.4) is 0 Å². The number of ketones is 1. The Morgan fingerprint density at radius 2 is 1.62 bits per heavy atom. The van der Waals surface area contributed by atoms with Gasteiger partial charge in [-0.2, -0.15) is 0 Å². The maximum atomic E-state index is 13.7. The Kier molecular flexibility index (Phi) is 4.40. The van der Waals surface area contributed by atoms with Gasteiger partial charge in [-0.15, -0.1) is 0 Å². The molecule has 0 amide bonds.